The highest BCUT2D eigenvalue weighted by molar-refractivity contribution is 7.80. The third kappa shape index (κ3) is 3.97. The van der Waals surface area contributed by atoms with Crippen molar-refractivity contribution >= 4 is 23.0 Å². The van der Waals surface area contributed by atoms with Crippen LogP contribution >= 0.6 is 12.2 Å². The number of hydrogen-bond donors (Lipinski definition) is 3. The molecule has 1 aromatic carbocycles. The molecule has 8 heteroatoms. The Balaban J connectivity index is 2.79. The zero-order valence-corrected chi connectivity index (χ0v) is 10.1. The second kappa shape index (κ2) is 6.48. The number of nitrogens with one attached hydrogen (secondary N) is 2. The van der Waals surface area contributed by atoms with E-state index in [1.54, 1.807) is 18.2 Å². The van der Waals surface area contributed by atoms with Gasteiger partial charge in [0.05, 0.1) is 11.0 Å². The number of para-hydroxylation sites is 1. The van der Waals surface area contributed by atoms with Crippen molar-refractivity contribution in [2.24, 2.45) is 5.73 Å². The van der Waals surface area contributed by atoms with E-state index in [1.165, 1.54) is 6.07 Å². The number of nitro benzene ring substituents is 1. The molecular weight excluding hydrogens is 254 g/mol. The van der Waals surface area contributed by atoms with Crippen molar-refractivity contribution in [3.05, 3.63) is 39.9 Å². The maximum atomic E-state index is 10.8. The van der Waals surface area contributed by atoms with E-state index in [0.717, 1.165) is 0 Å². The molecule has 0 spiro atoms. The van der Waals surface area contributed by atoms with Crippen molar-refractivity contribution in [1.29, 1.82) is 5.26 Å². The highest BCUT2D eigenvalue weighted by Gasteiger charge is 2.16. The zero-order chi connectivity index (χ0) is 13.5. The van der Waals surface area contributed by atoms with Crippen LogP contribution in [0.3, 0.4) is 0 Å². The van der Waals surface area contributed by atoms with Crippen molar-refractivity contribution in [2.75, 3.05) is 0 Å². The van der Waals surface area contributed by atoms with Crippen LogP contribution in [0, 0.1) is 21.4 Å². The lowest BCUT2D eigenvalue weighted by molar-refractivity contribution is -0.385. The second-order valence-electron chi connectivity index (χ2n) is 3.41. The highest BCUT2D eigenvalue weighted by Crippen LogP contribution is 2.18. The first kappa shape index (κ1) is 13.8. The van der Waals surface area contributed by atoms with Gasteiger partial charge in [0.2, 0.25) is 0 Å². The largest absolute Gasteiger partial charge is 0.375 e. The van der Waals surface area contributed by atoms with Gasteiger partial charge in [0.15, 0.2) is 5.11 Å². The molecule has 0 aliphatic rings. The molecule has 0 amide bonds. The maximum Gasteiger partial charge on any atom is 0.272 e. The van der Waals surface area contributed by atoms with Gasteiger partial charge in [0.1, 0.15) is 6.04 Å². The molecule has 0 radical (unpaired) electrons. The molecule has 1 aromatic rings. The van der Waals surface area contributed by atoms with Crippen molar-refractivity contribution in [3.8, 4) is 6.07 Å². The predicted octanol–water partition coefficient (Wildman–Crippen LogP) is 0.367. The quantitative estimate of drug-likeness (QED) is 0.400. The van der Waals surface area contributed by atoms with Crippen molar-refractivity contribution in [3.63, 3.8) is 0 Å². The molecule has 0 fully saturated rings. The Morgan fingerprint density at radius 2 is 2.28 bits per heavy atom. The monoisotopic (exact) mass is 265 g/mol. The van der Waals surface area contributed by atoms with Gasteiger partial charge in [0.25, 0.3) is 5.69 Å². The number of nitriles is 1. The van der Waals surface area contributed by atoms with E-state index < -0.39 is 11.0 Å². The highest BCUT2D eigenvalue weighted by atomic mass is 32.1. The fourth-order valence-corrected chi connectivity index (χ4v) is 1.43. The van der Waals surface area contributed by atoms with Crippen LogP contribution in [0.2, 0.25) is 0 Å². The Bertz CT molecular complexity index is 499. The minimum absolute atomic E-state index is 0.00203. The summed E-state index contributed by atoms with van der Waals surface area (Å²) in [7, 11) is 0. The zero-order valence-electron chi connectivity index (χ0n) is 9.29. The molecule has 0 saturated heterocycles. The van der Waals surface area contributed by atoms with E-state index in [-0.39, 0.29) is 17.2 Å². The molecule has 0 aromatic heterocycles. The number of thiocarbonyl (C=S) groups is 1. The van der Waals surface area contributed by atoms with Crippen LogP contribution in [0.1, 0.15) is 5.56 Å². The summed E-state index contributed by atoms with van der Waals surface area (Å²) in [5.74, 6) is 0. The maximum absolute atomic E-state index is 10.8. The number of nitro groups is 1. The summed E-state index contributed by atoms with van der Waals surface area (Å²) in [6.07, 6.45) is 0.170. The third-order valence-corrected chi connectivity index (χ3v) is 2.24. The second-order valence-corrected chi connectivity index (χ2v) is 3.85. The van der Waals surface area contributed by atoms with Gasteiger partial charge >= 0.3 is 0 Å². The Morgan fingerprint density at radius 1 is 1.61 bits per heavy atom. The van der Waals surface area contributed by atoms with E-state index in [1.807, 2.05) is 6.07 Å². The van der Waals surface area contributed by atoms with Gasteiger partial charge in [-0.25, -0.2) is 5.43 Å². The van der Waals surface area contributed by atoms with Gasteiger partial charge in [0, 0.05) is 18.1 Å². The smallest absolute Gasteiger partial charge is 0.272 e. The molecule has 1 unspecified atom stereocenters. The minimum atomic E-state index is -0.674. The summed E-state index contributed by atoms with van der Waals surface area (Å²) < 4.78 is 0. The number of nitrogens with zero attached hydrogens (tertiary/aromatic N) is 2. The number of benzene rings is 1. The molecule has 0 aliphatic heterocycles. The lowest BCUT2D eigenvalue weighted by Gasteiger charge is -2.12. The van der Waals surface area contributed by atoms with E-state index in [9.17, 15) is 10.1 Å². The summed E-state index contributed by atoms with van der Waals surface area (Å²) in [6.45, 7) is 0. The fraction of sp³-hybridized carbons (Fsp3) is 0.200. The molecule has 1 atom stereocenters. The first-order valence-corrected chi connectivity index (χ1v) is 5.38. The summed E-state index contributed by atoms with van der Waals surface area (Å²) in [4.78, 5) is 10.3. The van der Waals surface area contributed by atoms with Crippen molar-refractivity contribution in [2.45, 2.75) is 12.5 Å². The van der Waals surface area contributed by atoms with Gasteiger partial charge in [-0.15, -0.1) is 0 Å². The van der Waals surface area contributed by atoms with Gasteiger partial charge < -0.3 is 5.73 Å². The van der Waals surface area contributed by atoms with Crippen molar-refractivity contribution < 1.29 is 4.92 Å². The Kier molecular flexibility index (Phi) is 4.98. The van der Waals surface area contributed by atoms with Crippen LogP contribution in [-0.4, -0.2) is 16.1 Å². The van der Waals surface area contributed by atoms with Gasteiger partial charge in [-0.3, -0.25) is 15.5 Å². The van der Waals surface area contributed by atoms with Crippen LogP contribution in [0.5, 0.6) is 0 Å². The molecule has 7 nitrogen and oxygen atoms in total. The summed E-state index contributed by atoms with van der Waals surface area (Å²) in [5, 5.41) is 19.7. The molecule has 94 valence electrons. The molecule has 0 bridgehead atoms. The van der Waals surface area contributed by atoms with Gasteiger partial charge in [-0.2, -0.15) is 5.26 Å². The van der Waals surface area contributed by atoms with Crippen LogP contribution in [0.25, 0.3) is 0 Å². The summed E-state index contributed by atoms with van der Waals surface area (Å²) in [5.41, 5.74) is 10.7. The Labute approximate surface area is 109 Å². The fourth-order valence-electron chi connectivity index (χ4n) is 1.37. The lowest BCUT2D eigenvalue weighted by atomic mass is 10.1. The molecule has 4 N–H and O–H groups in total. The van der Waals surface area contributed by atoms with E-state index in [2.05, 4.69) is 23.1 Å². The van der Waals surface area contributed by atoms with Crippen LogP contribution in [0.4, 0.5) is 5.69 Å². The predicted molar refractivity (Wildman–Crippen MR) is 69.3 cm³/mol. The molecule has 0 aliphatic carbocycles. The molecule has 1 rings (SSSR count). The normalized spacial score (nSPS) is 11.3. The summed E-state index contributed by atoms with van der Waals surface area (Å²) >= 11 is 4.58. The van der Waals surface area contributed by atoms with E-state index in [4.69, 9.17) is 11.0 Å². The summed E-state index contributed by atoms with van der Waals surface area (Å²) in [6, 6.07) is 7.53. The first-order chi connectivity index (χ1) is 8.54. The average Bonchev–Trinajstić information content (AvgIpc) is 2.34. The third-order valence-electron chi connectivity index (χ3n) is 2.14. The number of hydrogen-bond acceptors (Lipinski definition) is 5. The van der Waals surface area contributed by atoms with Gasteiger partial charge in [-0.1, -0.05) is 18.2 Å². The standard InChI is InChI=1S/C10H11N5O2S/c11-6-8(13-14-10(12)18)5-7-3-1-2-4-9(7)15(16)17/h1-4,8,13H,5H2,(H3,12,14,18). The van der Waals surface area contributed by atoms with Crippen LogP contribution in [0.15, 0.2) is 24.3 Å². The Morgan fingerprint density at radius 3 is 2.83 bits per heavy atom. The molecule has 0 saturated carbocycles. The molecule has 0 heterocycles. The first-order valence-electron chi connectivity index (χ1n) is 4.97. The Hall–Kier alpha value is -2.24. The number of nitrogens with two attached hydrogens (primary N) is 1. The van der Waals surface area contributed by atoms with Crippen molar-refractivity contribution in [1.82, 2.24) is 10.9 Å². The molecular formula is C10H11N5O2S. The minimum Gasteiger partial charge on any atom is -0.375 e. The lowest BCUT2D eigenvalue weighted by Crippen LogP contribution is -2.47. The van der Waals surface area contributed by atoms with E-state index >= 15 is 0 Å². The average molecular weight is 265 g/mol. The van der Waals surface area contributed by atoms with E-state index in [0.29, 0.717) is 5.56 Å². The van der Waals surface area contributed by atoms with Crippen LogP contribution < -0.4 is 16.6 Å². The van der Waals surface area contributed by atoms with Gasteiger partial charge in [-0.05, 0) is 12.2 Å². The SMILES string of the molecule is N#CC(Cc1ccccc1[N+](=O)[O-])NNC(N)=S. The number of hydrazine groups is 1. The topological polar surface area (TPSA) is 117 Å². The number of rotatable bonds is 5. The molecule has 18 heavy (non-hydrogen) atoms. The van der Waals surface area contributed by atoms with Crippen LogP contribution in [-0.2, 0) is 6.42 Å².